The van der Waals surface area contributed by atoms with Crippen LogP contribution >= 0.6 is 11.6 Å². The molecule has 0 saturated heterocycles. The van der Waals surface area contributed by atoms with Gasteiger partial charge in [0.2, 0.25) is 0 Å². The third kappa shape index (κ3) is 1.67. The smallest absolute Gasteiger partial charge is 0.170 e. The average molecular weight is 267 g/mol. The van der Waals surface area contributed by atoms with Crippen LogP contribution in [0.15, 0.2) is 16.7 Å². The van der Waals surface area contributed by atoms with E-state index in [0.29, 0.717) is 46.9 Å². The number of anilines is 1. The highest BCUT2D eigenvalue weighted by Crippen LogP contribution is 2.43. The molecule has 0 fully saturated rings. The fourth-order valence-electron chi connectivity index (χ4n) is 1.92. The van der Waals surface area contributed by atoms with E-state index in [1.807, 2.05) is 6.92 Å². The summed E-state index contributed by atoms with van der Waals surface area (Å²) >= 11 is 6.31. The van der Waals surface area contributed by atoms with Gasteiger partial charge < -0.3 is 19.7 Å². The SMILES string of the molecule is Cc1c(Cl)c(-c2cc(N)no2)cc2c1OCCO2. The van der Waals surface area contributed by atoms with E-state index >= 15 is 0 Å². The van der Waals surface area contributed by atoms with Crippen LogP contribution in [0, 0.1) is 6.92 Å². The number of aromatic nitrogens is 1. The normalized spacial score (nSPS) is 13.7. The lowest BCUT2D eigenvalue weighted by molar-refractivity contribution is 0.170. The van der Waals surface area contributed by atoms with E-state index in [-0.39, 0.29) is 0 Å². The van der Waals surface area contributed by atoms with E-state index in [4.69, 9.17) is 31.3 Å². The van der Waals surface area contributed by atoms with Crippen LogP contribution in [0.3, 0.4) is 0 Å². The summed E-state index contributed by atoms with van der Waals surface area (Å²) in [5, 5.41) is 4.20. The van der Waals surface area contributed by atoms with Gasteiger partial charge in [-0.15, -0.1) is 0 Å². The second-order valence-electron chi connectivity index (χ2n) is 4.00. The number of nitrogens with two attached hydrogens (primary N) is 1. The molecule has 2 N–H and O–H groups in total. The van der Waals surface area contributed by atoms with Gasteiger partial charge >= 0.3 is 0 Å². The number of hydrogen-bond acceptors (Lipinski definition) is 5. The summed E-state index contributed by atoms with van der Waals surface area (Å²) in [6, 6.07) is 3.40. The van der Waals surface area contributed by atoms with Crippen molar-refractivity contribution >= 4 is 17.4 Å². The van der Waals surface area contributed by atoms with Crippen LogP contribution in [0.4, 0.5) is 5.82 Å². The van der Waals surface area contributed by atoms with Crippen molar-refractivity contribution in [1.82, 2.24) is 5.16 Å². The number of ether oxygens (including phenoxy) is 2. The monoisotopic (exact) mass is 266 g/mol. The molecule has 0 saturated carbocycles. The Bertz CT molecular complexity index is 610. The number of fused-ring (bicyclic) bond motifs is 1. The Morgan fingerprint density at radius 1 is 1.28 bits per heavy atom. The minimum atomic E-state index is 0.314. The van der Waals surface area contributed by atoms with Crippen LogP contribution in [0.1, 0.15) is 5.56 Å². The molecule has 0 aliphatic carbocycles. The maximum atomic E-state index is 6.31. The summed E-state index contributed by atoms with van der Waals surface area (Å²) in [4.78, 5) is 0. The lowest BCUT2D eigenvalue weighted by Gasteiger charge is -2.21. The van der Waals surface area contributed by atoms with Gasteiger partial charge in [-0.2, -0.15) is 0 Å². The van der Waals surface area contributed by atoms with Crippen LogP contribution in [0.25, 0.3) is 11.3 Å². The van der Waals surface area contributed by atoms with E-state index in [9.17, 15) is 0 Å². The van der Waals surface area contributed by atoms with Gasteiger partial charge in [0.1, 0.15) is 13.2 Å². The van der Waals surface area contributed by atoms with Crippen LogP contribution in [-0.2, 0) is 0 Å². The van der Waals surface area contributed by atoms with Crippen LogP contribution in [0.2, 0.25) is 5.02 Å². The molecule has 18 heavy (non-hydrogen) atoms. The van der Waals surface area contributed by atoms with Gasteiger partial charge in [-0.05, 0) is 13.0 Å². The second kappa shape index (κ2) is 4.10. The third-order valence-corrected chi connectivity index (χ3v) is 3.27. The van der Waals surface area contributed by atoms with Gasteiger partial charge in [0.25, 0.3) is 0 Å². The fraction of sp³-hybridized carbons (Fsp3) is 0.250. The van der Waals surface area contributed by atoms with Crippen molar-refractivity contribution in [2.45, 2.75) is 6.92 Å². The van der Waals surface area contributed by atoms with Crippen LogP contribution < -0.4 is 15.2 Å². The molecule has 0 unspecified atom stereocenters. The van der Waals surface area contributed by atoms with Gasteiger partial charge in [-0.3, -0.25) is 0 Å². The zero-order valence-electron chi connectivity index (χ0n) is 9.70. The summed E-state index contributed by atoms with van der Waals surface area (Å²) in [7, 11) is 0. The molecular formula is C12H11ClN2O3. The van der Waals surface area contributed by atoms with E-state index in [1.165, 1.54) is 0 Å². The van der Waals surface area contributed by atoms with Gasteiger partial charge in [0, 0.05) is 17.2 Å². The summed E-state index contributed by atoms with van der Waals surface area (Å²) in [6.45, 7) is 2.92. The first-order valence-electron chi connectivity index (χ1n) is 5.48. The van der Waals surface area contributed by atoms with Crippen molar-refractivity contribution in [2.75, 3.05) is 18.9 Å². The average Bonchev–Trinajstić information content (AvgIpc) is 2.80. The fourth-order valence-corrected chi connectivity index (χ4v) is 2.16. The molecule has 1 aromatic carbocycles. The number of halogens is 1. The first kappa shape index (κ1) is 11.2. The van der Waals surface area contributed by atoms with E-state index in [1.54, 1.807) is 12.1 Å². The molecule has 0 spiro atoms. The Hall–Kier alpha value is -1.88. The van der Waals surface area contributed by atoms with Crippen molar-refractivity contribution < 1.29 is 14.0 Å². The molecule has 1 aliphatic rings. The highest BCUT2D eigenvalue weighted by Gasteiger charge is 2.21. The molecular weight excluding hydrogens is 256 g/mol. The Morgan fingerprint density at radius 2 is 2.06 bits per heavy atom. The molecule has 2 aromatic rings. The molecule has 0 radical (unpaired) electrons. The van der Waals surface area contributed by atoms with Gasteiger partial charge in [-0.1, -0.05) is 16.8 Å². The Balaban J connectivity index is 2.18. The summed E-state index contributed by atoms with van der Waals surface area (Å²) in [5.41, 5.74) is 7.05. The number of rotatable bonds is 1. The Labute approximate surface area is 108 Å². The molecule has 2 heterocycles. The highest BCUT2D eigenvalue weighted by molar-refractivity contribution is 6.34. The molecule has 6 heteroatoms. The molecule has 5 nitrogen and oxygen atoms in total. The predicted octanol–water partition coefficient (Wildman–Crippen LogP) is 2.66. The number of benzene rings is 1. The molecule has 94 valence electrons. The van der Waals surface area contributed by atoms with E-state index in [0.717, 1.165) is 5.56 Å². The zero-order valence-corrected chi connectivity index (χ0v) is 10.5. The third-order valence-electron chi connectivity index (χ3n) is 2.79. The van der Waals surface area contributed by atoms with Gasteiger partial charge in [0.15, 0.2) is 23.1 Å². The van der Waals surface area contributed by atoms with Crippen molar-refractivity contribution in [3.8, 4) is 22.8 Å². The first-order valence-corrected chi connectivity index (χ1v) is 5.86. The molecule has 1 aromatic heterocycles. The van der Waals surface area contributed by atoms with Crippen molar-refractivity contribution in [3.63, 3.8) is 0 Å². The van der Waals surface area contributed by atoms with Crippen molar-refractivity contribution in [3.05, 3.63) is 22.7 Å². The second-order valence-corrected chi connectivity index (χ2v) is 4.38. The maximum absolute atomic E-state index is 6.31. The van der Waals surface area contributed by atoms with Crippen molar-refractivity contribution in [1.29, 1.82) is 0 Å². The zero-order chi connectivity index (χ0) is 12.7. The summed E-state index contributed by atoms with van der Waals surface area (Å²) in [5.74, 6) is 2.17. The molecule has 0 atom stereocenters. The molecule has 0 bridgehead atoms. The molecule has 0 amide bonds. The van der Waals surface area contributed by atoms with Crippen molar-refractivity contribution in [2.24, 2.45) is 0 Å². The van der Waals surface area contributed by atoms with Gasteiger partial charge in [0.05, 0.1) is 5.02 Å². The minimum absolute atomic E-state index is 0.314. The Morgan fingerprint density at radius 3 is 2.78 bits per heavy atom. The maximum Gasteiger partial charge on any atom is 0.170 e. The van der Waals surface area contributed by atoms with E-state index < -0.39 is 0 Å². The number of hydrogen-bond donors (Lipinski definition) is 1. The standard InChI is InChI=1S/C12H11ClN2O3/c1-6-11(13)7(8-5-10(14)15-18-8)4-9-12(6)17-3-2-16-9/h4-5H,2-3H2,1H3,(H2,14,15). The minimum Gasteiger partial charge on any atom is -0.486 e. The predicted molar refractivity (Wildman–Crippen MR) is 67.1 cm³/mol. The number of nitrogen functional groups attached to an aromatic ring is 1. The summed E-state index contributed by atoms with van der Waals surface area (Å²) in [6.07, 6.45) is 0. The van der Waals surface area contributed by atoms with Crippen LogP contribution in [-0.4, -0.2) is 18.4 Å². The first-order chi connectivity index (χ1) is 8.66. The van der Waals surface area contributed by atoms with Crippen LogP contribution in [0.5, 0.6) is 11.5 Å². The number of nitrogens with zero attached hydrogens (tertiary/aromatic N) is 1. The quantitative estimate of drug-likeness (QED) is 0.859. The Kier molecular flexibility index (Phi) is 2.56. The molecule has 3 rings (SSSR count). The largest absolute Gasteiger partial charge is 0.486 e. The summed E-state index contributed by atoms with van der Waals surface area (Å²) < 4.78 is 16.2. The molecule has 1 aliphatic heterocycles. The highest BCUT2D eigenvalue weighted by atomic mass is 35.5. The lowest BCUT2D eigenvalue weighted by Crippen LogP contribution is -2.16. The van der Waals surface area contributed by atoms with Gasteiger partial charge in [-0.25, -0.2) is 0 Å². The van der Waals surface area contributed by atoms with E-state index in [2.05, 4.69) is 5.16 Å². The topological polar surface area (TPSA) is 70.5 Å². The lowest BCUT2D eigenvalue weighted by atomic mass is 10.1.